The van der Waals surface area contributed by atoms with Gasteiger partial charge in [-0.05, 0) is 36.2 Å². The number of hydrogen-bond acceptors (Lipinski definition) is 3. The number of halogens is 2. The summed E-state index contributed by atoms with van der Waals surface area (Å²) < 4.78 is 27.5. The van der Waals surface area contributed by atoms with Crippen LogP contribution in [0.1, 0.15) is 15.9 Å². The minimum Gasteiger partial charge on any atom is -0.396 e. The number of carbonyl (C=O) groups excluding carboxylic acids is 1. The summed E-state index contributed by atoms with van der Waals surface area (Å²) in [6.07, 6.45) is 3.86. The molecule has 0 aliphatic rings. The van der Waals surface area contributed by atoms with Crippen molar-refractivity contribution in [2.45, 2.75) is 6.42 Å². The Balaban J connectivity index is 2.11. The molecule has 0 aliphatic heterocycles. The van der Waals surface area contributed by atoms with E-state index in [1.54, 1.807) is 12.4 Å². The van der Waals surface area contributed by atoms with Crippen LogP contribution in [0.3, 0.4) is 0 Å². The lowest BCUT2D eigenvalue weighted by atomic mass is 10.1. The maximum atomic E-state index is 13.8. The minimum atomic E-state index is -1.02. The van der Waals surface area contributed by atoms with E-state index in [-0.39, 0.29) is 5.69 Å². The minimum absolute atomic E-state index is 0.248. The molecule has 2 rings (SSSR count). The third-order valence-corrected chi connectivity index (χ3v) is 3.17. The molecule has 0 saturated carbocycles. The third-order valence-electron chi connectivity index (χ3n) is 3.17. The highest BCUT2D eigenvalue weighted by molar-refractivity contribution is 5.95. The Hall–Kier alpha value is -2.50. The van der Waals surface area contributed by atoms with E-state index >= 15 is 0 Å². The number of nitrogens with zero attached hydrogens (tertiary/aromatic N) is 2. The molecule has 0 spiro atoms. The lowest BCUT2D eigenvalue weighted by Crippen LogP contribution is -2.30. The SMILES string of the molecule is CN(CCc1ccncc1)C(=O)c1c(F)ccc(N)c1F. The fourth-order valence-corrected chi connectivity index (χ4v) is 1.90. The van der Waals surface area contributed by atoms with Crippen LogP contribution in [-0.2, 0) is 6.42 Å². The van der Waals surface area contributed by atoms with Gasteiger partial charge in [0.1, 0.15) is 11.4 Å². The number of pyridine rings is 1. The Bertz CT molecular complexity index is 647. The highest BCUT2D eigenvalue weighted by Crippen LogP contribution is 2.20. The van der Waals surface area contributed by atoms with E-state index in [2.05, 4.69) is 4.98 Å². The van der Waals surface area contributed by atoms with E-state index in [4.69, 9.17) is 5.73 Å². The van der Waals surface area contributed by atoms with E-state index < -0.39 is 23.1 Å². The monoisotopic (exact) mass is 291 g/mol. The van der Waals surface area contributed by atoms with Crippen molar-refractivity contribution in [1.82, 2.24) is 9.88 Å². The van der Waals surface area contributed by atoms with Crippen LogP contribution < -0.4 is 5.73 Å². The van der Waals surface area contributed by atoms with Crippen LogP contribution in [0.4, 0.5) is 14.5 Å². The van der Waals surface area contributed by atoms with Crippen molar-refractivity contribution in [3.63, 3.8) is 0 Å². The summed E-state index contributed by atoms with van der Waals surface area (Å²) in [6.45, 7) is 0.330. The number of benzene rings is 1. The predicted molar refractivity (Wildman–Crippen MR) is 75.7 cm³/mol. The smallest absolute Gasteiger partial charge is 0.259 e. The van der Waals surface area contributed by atoms with Crippen molar-refractivity contribution in [3.8, 4) is 0 Å². The number of nitrogen functional groups attached to an aromatic ring is 1. The molecule has 6 heteroatoms. The summed E-state index contributed by atoms with van der Waals surface area (Å²) in [4.78, 5) is 17.3. The van der Waals surface area contributed by atoms with Crippen LogP contribution in [0.15, 0.2) is 36.7 Å². The normalized spacial score (nSPS) is 10.4. The van der Waals surface area contributed by atoms with E-state index in [0.29, 0.717) is 13.0 Å². The molecular weight excluding hydrogens is 276 g/mol. The lowest BCUT2D eigenvalue weighted by Gasteiger charge is -2.18. The van der Waals surface area contributed by atoms with Gasteiger partial charge in [0, 0.05) is 26.0 Å². The third kappa shape index (κ3) is 3.34. The molecule has 1 heterocycles. The average molecular weight is 291 g/mol. The Kier molecular flexibility index (Phi) is 4.47. The van der Waals surface area contributed by atoms with Crippen molar-refractivity contribution in [3.05, 3.63) is 59.4 Å². The molecule has 1 aromatic heterocycles. The Morgan fingerprint density at radius 3 is 2.57 bits per heavy atom. The number of nitrogens with two attached hydrogens (primary N) is 1. The van der Waals surface area contributed by atoms with Crippen LogP contribution in [0.5, 0.6) is 0 Å². The van der Waals surface area contributed by atoms with Crippen molar-refractivity contribution in [2.75, 3.05) is 19.3 Å². The maximum Gasteiger partial charge on any atom is 0.259 e. The molecule has 0 fully saturated rings. The van der Waals surface area contributed by atoms with Crippen molar-refractivity contribution < 1.29 is 13.6 Å². The number of amides is 1. The molecule has 2 aromatic rings. The van der Waals surface area contributed by atoms with E-state index in [9.17, 15) is 13.6 Å². The molecule has 1 amide bonds. The maximum absolute atomic E-state index is 13.8. The lowest BCUT2D eigenvalue weighted by molar-refractivity contribution is 0.0787. The standard InChI is InChI=1S/C15H15F2N3O/c1-20(9-6-10-4-7-19-8-5-10)15(21)13-11(16)2-3-12(18)14(13)17/h2-5,7-8H,6,9,18H2,1H3. The van der Waals surface area contributed by atoms with Gasteiger partial charge in [-0.25, -0.2) is 8.78 Å². The molecule has 110 valence electrons. The van der Waals surface area contributed by atoms with Gasteiger partial charge in [-0.3, -0.25) is 9.78 Å². The highest BCUT2D eigenvalue weighted by atomic mass is 19.1. The zero-order valence-electron chi connectivity index (χ0n) is 11.5. The molecule has 0 aliphatic carbocycles. The van der Waals surface area contributed by atoms with Crippen LogP contribution in [0.25, 0.3) is 0 Å². The first-order valence-corrected chi connectivity index (χ1v) is 6.38. The van der Waals surface area contributed by atoms with Gasteiger partial charge in [0.25, 0.3) is 5.91 Å². The molecule has 2 N–H and O–H groups in total. The Labute approximate surface area is 121 Å². The molecular formula is C15H15F2N3O. The first-order valence-electron chi connectivity index (χ1n) is 6.38. The van der Waals surface area contributed by atoms with Gasteiger partial charge >= 0.3 is 0 Å². The number of hydrogen-bond donors (Lipinski definition) is 1. The number of likely N-dealkylation sites (N-methyl/N-ethyl adjacent to an activating group) is 1. The summed E-state index contributed by atoms with van der Waals surface area (Å²) in [7, 11) is 1.49. The van der Waals surface area contributed by atoms with Crippen LogP contribution in [-0.4, -0.2) is 29.4 Å². The first-order chi connectivity index (χ1) is 10.0. The fourth-order valence-electron chi connectivity index (χ4n) is 1.90. The van der Waals surface area contributed by atoms with Crippen molar-refractivity contribution in [2.24, 2.45) is 0 Å². The number of carbonyl (C=O) groups is 1. The summed E-state index contributed by atoms with van der Waals surface area (Å²) in [6, 6.07) is 5.72. The van der Waals surface area contributed by atoms with Gasteiger partial charge in [0.15, 0.2) is 5.82 Å². The van der Waals surface area contributed by atoms with Crippen LogP contribution in [0.2, 0.25) is 0 Å². The summed E-state index contributed by atoms with van der Waals surface area (Å²) in [5, 5.41) is 0. The zero-order chi connectivity index (χ0) is 15.4. The largest absolute Gasteiger partial charge is 0.396 e. The van der Waals surface area contributed by atoms with Gasteiger partial charge in [0.2, 0.25) is 0 Å². The average Bonchev–Trinajstić information content (AvgIpc) is 2.50. The molecule has 1 aromatic carbocycles. The number of anilines is 1. The number of aromatic nitrogens is 1. The van der Waals surface area contributed by atoms with E-state index in [0.717, 1.165) is 17.7 Å². The molecule has 0 saturated heterocycles. The second-order valence-electron chi connectivity index (χ2n) is 4.66. The zero-order valence-corrected chi connectivity index (χ0v) is 11.5. The highest BCUT2D eigenvalue weighted by Gasteiger charge is 2.22. The molecule has 4 nitrogen and oxygen atoms in total. The predicted octanol–water partition coefficient (Wildman–Crippen LogP) is 2.26. The Morgan fingerprint density at radius 1 is 1.24 bits per heavy atom. The molecule has 0 atom stereocenters. The number of rotatable bonds is 4. The Morgan fingerprint density at radius 2 is 1.90 bits per heavy atom. The quantitative estimate of drug-likeness (QED) is 0.879. The van der Waals surface area contributed by atoms with E-state index in [1.165, 1.54) is 11.9 Å². The van der Waals surface area contributed by atoms with Crippen LogP contribution >= 0.6 is 0 Å². The van der Waals surface area contributed by atoms with Crippen molar-refractivity contribution in [1.29, 1.82) is 0 Å². The van der Waals surface area contributed by atoms with Crippen molar-refractivity contribution >= 4 is 11.6 Å². The van der Waals surface area contributed by atoms with Gasteiger partial charge in [-0.1, -0.05) is 0 Å². The molecule has 0 bridgehead atoms. The topological polar surface area (TPSA) is 59.2 Å². The van der Waals surface area contributed by atoms with Gasteiger partial charge in [0.05, 0.1) is 5.69 Å². The second-order valence-corrected chi connectivity index (χ2v) is 4.66. The second kappa shape index (κ2) is 6.30. The molecule has 0 radical (unpaired) electrons. The van der Waals surface area contributed by atoms with Gasteiger partial charge in [-0.15, -0.1) is 0 Å². The van der Waals surface area contributed by atoms with Crippen LogP contribution in [0, 0.1) is 11.6 Å². The molecule has 0 unspecified atom stereocenters. The molecule has 21 heavy (non-hydrogen) atoms. The van der Waals surface area contributed by atoms with Gasteiger partial charge in [-0.2, -0.15) is 0 Å². The summed E-state index contributed by atoms with van der Waals surface area (Å²) in [5.74, 6) is -2.66. The fraction of sp³-hybridized carbons (Fsp3) is 0.200. The van der Waals surface area contributed by atoms with Gasteiger partial charge < -0.3 is 10.6 Å². The summed E-state index contributed by atoms with van der Waals surface area (Å²) >= 11 is 0. The first kappa shape index (κ1) is 14.9. The summed E-state index contributed by atoms with van der Waals surface area (Å²) in [5.41, 5.74) is 5.49. The van der Waals surface area contributed by atoms with E-state index in [1.807, 2.05) is 12.1 Å².